The molecule has 0 aliphatic carbocycles. The molecule has 3 rings (SSSR count). The van der Waals surface area contributed by atoms with E-state index >= 15 is 0 Å². The molecule has 1 atom stereocenters. The smallest absolute Gasteiger partial charge is 0.325 e. The third-order valence-corrected chi connectivity index (χ3v) is 5.70. The molecule has 0 aliphatic heterocycles. The molecule has 1 amide bonds. The maximum atomic E-state index is 12.9. The Morgan fingerprint density at radius 2 is 1.85 bits per heavy atom. The highest BCUT2D eigenvalue weighted by Crippen LogP contribution is 2.38. The molecule has 0 aliphatic rings. The van der Waals surface area contributed by atoms with E-state index in [9.17, 15) is 18.0 Å². The summed E-state index contributed by atoms with van der Waals surface area (Å²) < 4.78 is 39.3. The van der Waals surface area contributed by atoms with E-state index in [1.54, 1.807) is 24.3 Å². The van der Waals surface area contributed by atoms with Gasteiger partial charge in [0.05, 0.1) is 5.56 Å². The standard InChI is InChI=1S/C18H14F3N3OS2/c1-11-23-24-17(26-11)27-15(12-6-3-2-4-7-12)16(25)22-14-9-5-8-13(10-14)18(19,20)21/h2-10,15H,1H3,(H,22,25)/t15-/m0/s1. The van der Waals surface area contributed by atoms with E-state index < -0.39 is 22.9 Å². The van der Waals surface area contributed by atoms with Crippen LogP contribution >= 0.6 is 23.1 Å². The van der Waals surface area contributed by atoms with Crippen molar-refractivity contribution in [3.05, 3.63) is 70.7 Å². The normalized spacial score (nSPS) is 12.6. The molecule has 4 nitrogen and oxygen atoms in total. The molecule has 0 unspecified atom stereocenters. The summed E-state index contributed by atoms with van der Waals surface area (Å²) in [6.45, 7) is 1.81. The second kappa shape index (κ2) is 8.10. The number of hydrogen-bond donors (Lipinski definition) is 1. The Labute approximate surface area is 161 Å². The zero-order chi connectivity index (χ0) is 19.4. The highest BCUT2D eigenvalue weighted by molar-refractivity contribution is 8.01. The number of nitrogens with one attached hydrogen (secondary N) is 1. The monoisotopic (exact) mass is 409 g/mol. The predicted octanol–water partition coefficient (Wildman–Crippen LogP) is 5.34. The SMILES string of the molecule is Cc1nnc(S[C@H](C(=O)Nc2cccc(C(F)(F)F)c2)c2ccccc2)s1. The first kappa shape index (κ1) is 19.4. The van der Waals surface area contributed by atoms with E-state index in [2.05, 4.69) is 15.5 Å². The lowest BCUT2D eigenvalue weighted by atomic mass is 10.1. The van der Waals surface area contributed by atoms with Gasteiger partial charge in [-0.1, -0.05) is 59.5 Å². The molecule has 27 heavy (non-hydrogen) atoms. The van der Waals surface area contributed by atoms with Crippen LogP contribution in [0.15, 0.2) is 58.9 Å². The Balaban J connectivity index is 1.85. The Kier molecular flexibility index (Phi) is 5.81. The van der Waals surface area contributed by atoms with Crippen LogP contribution in [-0.4, -0.2) is 16.1 Å². The average Bonchev–Trinajstić information content (AvgIpc) is 3.05. The number of carbonyl (C=O) groups excluding carboxylic acids is 1. The fraction of sp³-hybridized carbons (Fsp3) is 0.167. The number of alkyl halides is 3. The summed E-state index contributed by atoms with van der Waals surface area (Å²) in [6.07, 6.45) is -4.47. The van der Waals surface area contributed by atoms with E-state index in [1.165, 1.54) is 35.2 Å². The largest absolute Gasteiger partial charge is 0.416 e. The van der Waals surface area contributed by atoms with Crippen LogP contribution in [-0.2, 0) is 11.0 Å². The summed E-state index contributed by atoms with van der Waals surface area (Å²) in [5.41, 5.74) is -0.00593. The average molecular weight is 409 g/mol. The molecule has 0 saturated heterocycles. The van der Waals surface area contributed by atoms with Crippen LogP contribution in [0.3, 0.4) is 0 Å². The highest BCUT2D eigenvalue weighted by atomic mass is 32.2. The van der Waals surface area contributed by atoms with Gasteiger partial charge < -0.3 is 5.32 Å². The second-order valence-electron chi connectivity index (χ2n) is 5.56. The zero-order valence-electron chi connectivity index (χ0n) is 14.0. The predicted molar refractivity (Wildman–Crippen MR) is 99.8 cm³/mol. The lowest BCUT2D eigenvalue weighted by Gasteiger charge is -2.16. The number of aromatic nitrogens is 2. The van der Waals surface area contributed by atoms with Crippen LogP contribution in [0.4, 0.5) is 18.9 Å². The summed E-state index contributed by atoms with van der Waals surface area (Å²) in [6, 6.07) is 13.6. The molecular weight excluding hydrogens is 395 g/mol. The second-order valence-corrected chi connectivity index (χ2v) is 8.10. The number of benzene rings is 2. The van der Waals surface area contributed by atoms with Gasteiger partial charge in [0.2, 0.25) is 5.91 Å². The van der Waals surface area contributed by atoms with Crippen molar-refractivity contribution in [2.75, 3.05) is 5.32 Å². The first-order chi connectivity index (χ1) is 12.8. The van der Waals surface area contributed by atoms with Crippen molar-refractivity contribution < 1.29 is 18.0 Å². The summed E-state index contributed by atoms with van der Waals surface area (Å²) >= 11 is 2.56. The van der Waals surface area contributed by atoms with Gasteiger partial charge in [0, 0.05) is 5.69 Å². The molecule has 0 saturated carbocycles. The topological polar surface area (TPSA) is 54.9 Å². The van der Waals surface area contributed by atoms with Gasteiger partial charge in [-0.15, -0.1) is 10.2 Å². The van der Waals surface area contributed by atoms with Gasteiger partial charge in [-0.05, 0) is 30.7 Å². The van der Waals surface area contributed by atoms with Gasteiger partial charge in [-0.2, -0.15) is 13.2 Å². The number of thioether (sulfide) groups is 1. The van der Waals surface area contributed by atoms with Crippen LogP contribution < -0.4 is 5.32 Å². The summed E-state index contributed by atoms with van der Waals surface area (Å²) in [5, 5.41) is 10.6. The van der Waals surface area contributed by atoms with E-state index in [0.29, 0.717) is 4.34 Å². The maximum Gasteiger partial charge on any atom is 0.416 e. The summed E-state index contributed by atoms with van der Waals surface area (Å²) in [4.78, 5) is 12.8. The van der Waals surface area contributed by atoms with Gasteiger partial charge in [0.1, 0.15) is 10.3 Å². The molecule has 140 valence electrons. The van der Waals surface area contributed by atoms with Crippen molar-refractivity contribution in [3.63, 3.8) is 0 Å². The lowest BCUT2D eigenvalue weighted by molar-refractivity contribution is -0.137. The Hall–Kier alpha value is -2.39. The Morgan fingerprint density at radius 1 is 1.11 bits per heavy atom. The number of rotatable bonds is 5. The molecule has 0 fully saturated rings. The number of anilines is 1. The van der Waals surface area contributed by atoms with Crippen molar-refractivity contribution in [1.29, 1.82) is 0 Å². The highest BCUT2D eigenvalue weighted by Gasteiger charge is 2.31. The molecule has 1 N–H and O–H groups in total. The van der Waals surface area contributed by atoms with Crippen molar-refractivity contribution in [2.24, 2.45) is 0 Å². The van der Waals surface area contributed by atoms with Crippen LogP contribution in [0.1, 0.15) is 21.4 Å². The van der Waals surface area contributed by atoms with E-state index in [0.717, 1.165) is 22.7 Å². The molecule has 0 radical (unpaired) electrons. The molecular formula is C18H14F3N3OS2. The molecule has 9 heteroatoms. The zero-order valence-corrected chi connectivity index (χ0v) is 15.7. The van der Waals surface area contributed by atoms with Crippen molar-refractivity contribution in [3.8, 4) is 0 Å². The van der Waals surface area contributed by atoms with Gasteiger partial charge in [-0.3, -0.25) is 4.79 Å². The molecule has 2 aromatic carbocycles. The van der Waals surface area contributed by atoms with Gasteiger partial charge >= 0.3 is 6.18 Å². The van der Waals surface area contributed by atoms with Crippen LogP contribution in [0.5, 0.6) is 0 Å². The Bertz CT molecular complexity index is 929. The summed E-state index contributed by atoms with van der Waals surface area (Å²) in [7, 11) is 0. The molecule has 0 bridgehead atoms. The Morgan fingerprint density at radius 3 is 2.48 bits per heavy atom. The lowest BCUT2D eigenvalue weighted by Crippen LogP contribution is -2.19. The summed E-state index contributed by atoms with van der Waals surface area (Å²) in [5.74, 6) is -0.432. The molecule has 0 spiro atoms. The number of halogens is 3. The van der Waals surface area contributed by atoms with E-state index in [4.69, 9.17) is 0 Å². The first-order valence-corrected chi connectivity index (χ1v) is 9.52. The molecule has 3 aromatic rings. The van der Waals surface area contributed by atoms with Gasteiger partial charge in [-0.25, -0.2) is 0 Å². The number of aryl methyl sites for hydroxylation is 1. The van der Waals surface area contributed by atoms with Crippen LogP contribution in [0.25, 0.3) is 0 Å². The number of amides is 1. The van der Waals surface area contributed by atoms with Gasteiger partial charge in [0.15, 0.2) is 4.34 Å². The number of hydrogen-bond acceptors (Lipinski definition) is 5. The van der Waals surface area contributed by atoms with Crippen molar-refractivity contribution >= 4 is 34.7 Å². The first-order valence-electron chi connectivity index (χ1n) is 7.83. The fourth-order valence-corrected chi connectivity index (χ4v) is 4.32. The maximum absolute atomic E-state index is 12.9. The minimum Gasteiger partial charge on any atom is -0.325 e. The minimum absolute atomic E-state index is 0.0878. The van der Waals surface area contributed by atoms with Crippen LogP contribution in [0.2, 0.25) is 0 Å². The van der Waals surface area contributed by atoms with E-state index in [-0.39, 0.29) is 5.69 Å². The van der Waals surface area contributed by atoms with Crippen molar-refractivity contribution in [2.45, 2.75) is 22.7 Å². The third-order valence-electron chi connectivity index (χ3n) is 3.52. The van der Waals surface area contributed by atoms with Crippen molar-refractivity contribution in [1.82, 2.24) is 10.2 Å². The molecule has 1 heterocycles. The quantitative estimate of drug-likeness (QED) is 0.578. The van der Waals surface area contributed by atoms with Gasteiger partial charge in [0.25, 0.3) is 0 Å². The molecule has 1 aromatic heterocycles. The minimum atomic E-state index is -4.47. The third kappa shape index (κ3) is 5.08. The van der Waals surface area contributed by atoms with Crippen LogP contribution in [0, 0.1) is 6.92 Å². The number of carbonyl (C=O) groups is 1. The number of nitrogens with zero attached hydrogens (tertiary/aromatic N) is 2. The van der Waals surface area contributed by atoms with E-state index in [1.807, 2.05) is 13.0 Å². The fourth-order valence-electron chi connectivity index (χ4n) is 2.31.